The molecule has 2 aromatic carbocycles. The smallest absolute Gasteiger partial charge is 0.265 e. The highest BCUT2D eigenvalue weighted by Crippen LogP contribution is 2.28. The van der Waals surface area contributed by atoms with Crippen molar-refractivity contribution < 1.29 is 18.3 Å². The third kappa shape index (κ3) is 4.08. The topological polar surface area (TPSA) is 38.3 Å². The van der Waals surface area contributed by atoms with Gasteiger partial charge in [0.1, 0.15) is 17.4 Å². The fourth-order valence-corrected chi connectivity index (χ4v) is 2.09. The number of hydrogen-bond acceptors (Lipinski definition) is 2. The van der Waals surface area contributed by atoms with Crippen molar-refractivity contribution in [2.75, 3.05) is 5.32 Å². The van der Waals surface area contributed by atoms with Crippen molar-refractivity contribution in [3.8, 4) is 5.75 Å². The fourth-order valence-electron chi connectivity index (χ4n) is 1.64. The fraction of sp³-hybridized carbons (Fsp3) is 0.133. The maximum Gasteiger partial charge on any atom is 0.265 e. The molecule has 22 heavy (non-hydrogen) atoms. The molecule has 0 fully saturated rings. The Bertz CT molecular complexity index is 710. The molecule has 3 nitrogen and oxygen atoms in total. The summed E-state index contributed by atoms with van der Waals surface area (Å²) in [5.41, 5.74) is -0.135. The molecule has 0 unspecified atom stereocenters. The monoisotopic (exact) mass is 345 g/mol. The molecule has 0 heterocycles. The zero-order valence-corrected chi connectivity index (χ0v) is 12.9. The van der Waals surface area contributed by atoms with E-state index in [4.69, 9.17) is 27.9 Å². The number of ether oxygens (including phenoxy) is 1. The van der Waals surface area contributed by atoms with Crippen molar-refractivity contribution >= 4 is 34.8 Å². The Morgan fingerprint density at radius 2 is 1.91 bits per heavy atom. The normalized spacial score (nSPS) is 11.9. The molecule has 0 aromatic heterocycles. The minimum absolute atomic E-state index is 0.135. The summed E-state index contributed by atoms with van der Waals surface area (Å²) in [4.78, 5) is 12.0. The molecule has 2 aromatic rings. The minimum atomic E-state index is -0.942. The number of nitrogens with one attached hydrogen (secondary N) is 1. The molecule has 0 saturated heterocycles. The number of anilines is 1. The molecule has 2 rings (SSSR count). The van der Waals surface area contributed by atoms with Crippen LogP contribution in [0.1, 0.15) is 6.92 Å². The standard InChI is InChI=1S/C15H11Cl2F2NO2/c1-8(22-14-5-2-9(16)6-11(14)17)15(21)20-13-4-3-10(18)7-12(13)19/h2-8H,1H3,(H,20,21)/t8-/m1/s1. The van der Waals surface area contributed by atoms with Gasteiger partial charge in [0.25, 0.3) is 5.91 Å². The third-order valence-corrected chi connectivity index (χ3v) is 3.29. The first-order chi connectivity index (χ1) is 10.4. The van der Waals surface area contributed by atoms with Crippen LogP contribution in [-0.4, -0.2) is 12.0 Å². The maximum absolute atomic E-state index is 13.5. The number of hydrogen-bond donors (Lipinski definition) is 1. The van der Waals surface area contributed by atoms with Crippen LogP contribution in [0, 0.1) is 11.6 Å². The van der Waals surface area contributed by atoms with Crippen LogP contribution in [0.5, 0.6) is 5.75 Å². The van der Waals surface area contributed by atoms with Gasteiger partial charge in [-0.05, 0) is 37.3 Å². The van der Waals surface area contributed by atoms with Gasteiger partial charge in [0.15, 0.2) is 6.10 Å². The molecule has 1 N–H and O–H groups in total. The predicted octanol–water partition coefficient (Wildman–Crippen LogP) is 4.68. The minimum Gasteiger partial charge on any atom is -0.479 e. The van der Waals surface area contributed by atoms with Crippen LogP contribution in [0.3, 0.4) is 0 Å². The summed E-state index contributed by atoms with van der Waals surface area (Å²) >= 11 is 11.7. The van der Waals surface area contributed by atoms with Crippen LogP contribution >= 0.6 is 23.2 Å². The Morgan fingerprint density at radius 3 is 2.55 bits per heavy atom. The van der Waals surface area contributed by atoms with Crippen molar-refractivity contribution in [3.63, 3.8) is 0 Å². The third-order valence-electron chi connectivity index (χ3n) is 2.76. The van der Waals surface area contributed by atoms with Gasteiger partial charge in [-0.15, -0.1) is 0 Å². The highest BCUT2D eigenvalue weighted by atomic mass is 35.5. The van der Waals surface area contributed by atoms with Crippen LogP contribution in [0.15, 0.2) is 36.4 Å². The number of benzene rings is 2. The number of carbonyl (C=O) groups excluding carboxylic acids is 1. The van der Waals surface area contributed by atoms with Gasteiger partial charge in [0.2, 0.25) is 0 Å². The van der Waals surface area contributed by atoms with Crippen LogP contribution in [0.2, 0.25) is 10.0 Å². The largest absolute Gasteiger partial charge is 0.479 e. The number of rotatable bonds is 4. The highest BCUT2D eigenvalue weighted by Gasteiger charge is 2.18. The lowest BCUT2D eigenvalue weighted by molar-refractivity contribution is -0.122. The van der Waals surface area contributed by atoms with Crippen LogP contribution < -0.4 is 10.1 Å². The lowest BCUT2D eigenvalue weighted by atomic mass is 10.2. The first-order valence-electron chi connectivity index (χ1n) is 6.24. The van der Waals surface area contributed by atoms with E-state index >= 15 is 0 Å². The van der Waals surface area contributed by atoms with E-state index in [9.17, 15) is 13.6 Å². The van der Waals surface area contributed by atoms with E-state index in [0.717, 1.165) is 12.1 Å². The Hall–Kier alpha value is -1.85. The molecule has 0 aliphatic rings. The lowest BCUT2D eigenvalue weighted by Gasteiger charge is -2.16. The molecule has 1 amide bonds. The lowest BCUT2D eigenvalue weighted by Crippen LogP contribution is -2.30. The summed E-state index contributed by atoms with van der Waals surface area (Å²) in [5, 5.41) is 3.00. The summed E-state index contributed by atoms with van der Waals surface area (Å²) in [6, 6.07) is 7.41. The van der Waals surface area contributed by atoms with Crippen molar-refractivity contribution in [1.82, 2.24) is 0 Å². The van der Waals surface area contributed by atoms with Crippen LogP contribution in [-0.2, 0) is 4.79 Å². The average Bonchev–Trinajstić information content (AvgIpc) is 2.44. The number of amides is 1. The first kappa shape index (κ1) is 16.5. The van der Waals surface area contributed by atoms with Crippen molar-refractivity contribution in [2.24, 2.45) is 0 Å². The average molecular weight is 346 g/mol. The van der Waals surface area contributed by atoms with Gasteiger partial charge >= 0.3 is 0 Å². The van der Waals surface area contributed by atoms with E-state index in [2.05, 4.69) is 5.32 Å². The second kappa shape index (κ2) is 6.94. The van der Waals surface area contributed by atoms with Gasteiger partial charge in [-0.25, -0.2) is 8.78 Å². The van der Waals surface area contributed by atoms with E-state index in [1.54, 1.807) is 6.07 Å². The number of carbonyl (C=O) groups is 1. The second-order valence-corrected chi connectivity index (χ2v) is 5.29. The molecular weight excluding hydrogens is 335 g/mol. The van der Waals surface area contributed by atoms with Crippen LogP contribution in [0.25, 0.3) is 0 Å². The SMILES string of the molecule is C[C@@H](Oc1ccc(Cl)cc1Cl)C(=O)Nc1ccc(F)cc1F. The zero-order chi connectivity index (χ0) is 16.3. The predicted molar refractivity (Wildman–Crippen MR) is 81.5 cm³/mol. The summed E-state index contributed by atoms with van der Waals surface area (Å²) in [6.45, 7) is 1.47. The van der Waals surface area contributed by atoms with Gasteiger partial charge in [-0.3, -0.25) is 4.79 Å². The highest BCUT2D eigenvalue weighted by molar-refractivity contribution is 6.35. The molecule has 0 spiro atoms. The van der Waals surface area contributed by atoms with Gasteiger partial charge in [-0.1, -0.05) is 23.2 Å². The molecular formula is C15H11Cl2F2NO2. The van der Waals surface area contributed by atoms with Crippen molar-refractivity contribution in [3.05, 3.63) is 58.1 Å². The maximum atomic E-state index is 13.5. The molecule has 0 radical (unpaired) electrons. The van der Waals surface area contributed by atoms with E-state index in [0.29, 0.717) is 11.1 Å². The Kier molecular flexibility index (Phi) is 5.21. The van der Waals surface area contributed by atoms with Crippen molar-refractivity contribution in [1.29, 1.82) is 0 Å². The summed E-state index contributed by atoms with van der Waals surface area (Å²) < 4.78 is 31.7. The van der Waals surface area contributed by atoms with E-state index in [1.807, 2.05) is 0 Å². The Morgan fingerprint density at radius 1 is 1.18 bits per heavy atom. The van der Waals surface area contributed by atoms with E-state index < -0.39 is 23.6 Å². The molecule has 0 aliphatic carbocycles. The van der Waals surface area contributed by atoms with Gasteiger partial charge in [0.05, 0.1) is 10.7 Å². The summed E-state index contributed by atoms with van der Waals surface area (Å²) in [5.74, 6) is -1.93. The number of halogens is 4. The first-order valence-corrected chi connectivity index (χ1v) is 7.00. The molecule has 116 valence electrons. The Balaban J connectivity index is 2.05. The molecule has 0 saturated carbocycles. The van der Waals surface area contributed by atoms with E-state index in [1.165, 1.54) is 19.1 Å². The molecule has 0 aliphatic heterocycles. The Labute approximate surface area is 135 Å². The molecule has 7 heteroatoms. The molecule has 0 bridgehead atoms. The van der Waals surface area contributed by atoms with Crippen molar-refractivity contribution in [2.45, 2.75) is 13.0 Å². The second-order valence-electron chi connectivity index (χ2n) is 4.45. The quantitative estimate of drug-likeness (QED) is 0.873. The summed E-state index contributed by atoms with van der Waals surface area (Å²) in [6.07, 6.45) is -0.942. The van der Waals surface area contributed by atoms with Gasteiger partial charge in [0, 0.05) is 11.1 Å². The zero-order valence-electron chi connectivity index (χ0n) is 11.4. The van der Waals surface area contributed by atoms with Gasteiger partial charge in [-0.2, -0.15) is 0 Å². The van der Waals surface area contributed by atoms with Gasteiger partial charge < -0.3 is 10.1 Å². The van der Waals surface area contributed by atoms with E-state index in [-0.39, 0.29) is 16.5 Å². The summed E-state index contributed by atoms with van der Waals surface area (Å²) in [7, 11) is 0. The molecule has 1 atom stereocenters. The van der Waals surface area contributed by atoms with Crippen LogP contribution in [0.4, 0.5) is 14.5 Å².